The topological polar surface area (TPSA) is 90.6 Å². The van der Waals surface area contributed by atoms with Crippen LogP contribution in [0.25, 0.3) is 11.1 Å². The summed E-state index contributed by atoms with van der Waals surface area (Å²) in [6, 6.07) is 23.3. The predicted octanol–water partition coefficient (Wildman–Crippen LogP) is 5.08. The zero-order valence-electron chi connectivity index (χ0n) is 20.6. The Morgan fingerprint density at radius 3 is 2.61 bits per heavy atom. The van der Waals surface area contributed by atoms with Gasteiger partial charge in [-0.3, -0.25) is 4.68 Å². The molecule has 0 saturated carbocycles. The summed E-state index contributed by atoms with van der Waals surface area (Å²) < 4.78 is 1.80. The minimum Gasteiger partial charge on any atom is -0.380 e. The second-order valence-corrected chi connectivity index (χ2v) is 9.49. The highest BCUT2D eigenvalue weighted by Crippen LogP contribution is 2.31. The van der Waals surface area contributed by atoms with Crippen LogP contribution < -0.4 is 16.0 Å². The molecule has 0 aliphatic carbocycles. The van der Waals surface area contributed by atoms with Crippen molar-refractivity contribution in [2.45, 2.75) is 31.3 Å². The number of anilines is 2. The normalized spacial score (nSPS) is 16.2. The first-order valence-corrected chi connectivity index (χ1v) is 12.4. The third kappa shape index (κ3) is 5.40. The molecule has 2 aromatic heterocycles. The highest BCUT2D eigenvalue weighted by Gasteiger charge is 2.24. The standard InChI is InChI=1S/C29H31N7/c1-20(22-10-8-21(14-30)9-11-22)15-31-27(23-6-4-3-5-7-23)13-26-18-32-28-12-24(16-33-29(28)35-26)25-17-34-36(2)19-25/h3-12,16-17,19-20,26-27,31-32H,13,15,18H2,1-2H3,(H,33,35)/t20-,26-,27-/m0/s1. The number of nitrogens with one attached hydrogen (secondary N) is 3. The molecule has 7 nitrogen and oxygen atoms in total. The van der Waals surface area contributed by atoms with Crippen molar-refractivity contribution in [3.63, 3.8) is 0 Å². The second kappa shape index (κ2) is 10.6. The third-order valence-corrected chi connectivity index (χ3v) is 6.81. The van der Waals surface area contributed by atoms with Crippen LogP contribution in [0.1, 0.15) is 42.0 Å². The van der Waals surface area contributed by atoms with E-state index in [0.29, 0.717) is 11.5 Å². The molecule has 0 bridgehead atoms. The van der Waals surface area contributed by atoms with Gasteiger partial charge in [0.05, 0.1) is 23.5 Å². The Hall–Kier alpha value is -4.15. The molecular formula is C29H31N7. The van der Waals surface area contributed by atoms with Crippen LogP contribution in [0, 0.1) is 11.3 Å². The number of benzene rings is 2. The van der Waals surface area contributed by atoms with Gasteiger partial charge in [0.2, 0.25) is 0 Å². The number of hydrogen-bond acceptors (Lipinski definition) is 6. The van der Waals surface area contributed by atoms with Gasteiger partial charge in [-0.25, -0.2) is 4.98 Å². The summed E-state index contributed by atoms with van der Waals surface area (Å²) in [6.07, 6.45) is 6.68. The Kier molecular flexibility index (Phi) is 6.96. The fraction of sp³-hybridized carbons (Fsp3) is 0.276. The van der Waals surface area contributed by atoms with E-state index in [1.165, 1.54) is 11.1 Å². The van der Waals surface area contributed by atoms with Crippen molar-refractivity contribution in [2.24, 2.45) is 7.05 Å². The molecule has 0 fully saturated rings. The fourth-order valence-electron chi connectivity index (χ4n) is 4.69. The first-order valence-electron chi connectivity index (χ1n) is 12.4. The summed E-state index contributed by atoms with van der Waals surface area (Å²) in [7, 11) is 1.92. The quantitative estimate of drug-likeness (QED) is 0.328. The Morgan fingerprint density at radius 2 is 1.89 bits per heavy atom. The van der Waals surface area contributed by atoms with Gasteiger partial charge < -0.3 is 16.0 Å². The number of aromatic nitrogens is 3. The summed E-state index contributed by atoms with van der Waals surface area (Å²) in [5.74, 6) is 1.21. The Morgan fingerprint density at radius 1 is 1.08 bits per heavy atom. The minimum atomic E-state index is 0.197. The van der Waals surface area contributed by atoms with Crippen LogP contribution in [0.4, 0.5) is 11.5 Å². The van der Waals surface area contributed by atoms with Gasteiger partial charge in [0, 0.05) is 55.7 Å². The van der Waals surface area contributed by atoms with Crippen molar-refractivity contribution in [3.8, 4) is 17.2 Å². The van der Waals surface area contributed by atoms with Crippen molar-refractivity contribution in [1.82, 2.24) is 20.1 Å². The lowest BCUT2D eigenvalue weighted by Crippen LogP contribution is -2.38. The molecule has 7 heteroatoms. The van der Waals surface area contributed by atoms with Crippen LogP contribution in [-0.4, -0.2) is 33.9 Å². The highest BCUT2D eigenvalue weighted by atomic mass is 15.2. The molecule has 0 radical (unpaired) electrons. The minimum absolute atomic E-state index is 0.197. The molecule has 2 aromatic carbocycles. The molecule has 3 atom stereocenters. The van der Waals surface area contributed by atoms with Gasteiger partial charge in [0.25, 0.3) is 0 Å². The second-order valence-electron chi connectivity index (χ2n) is 9.49. The highest BCUT2D eigenvalue weighted by molar-refractivity contribution is 5.75. The number of pyridine rings is 1. The lowest BCUT2D eigenvalue weighted by Gasteiger charge is -2.31. The molecule has 3 N–H and O–H groups in total. The maximum atomic E-state index is 9.07. The first-order chi connectivity index (χ1) is 17.6. The van der Waals surface area contributed by atoms with Crippen molar-refractivity contribution in [3.05, 3.63) is 95.9 Å². The van der Waals surface area contributed by atoms with E-state index in [4.69, 9.17) is 10.2 Å². The van der Waals surface area contributed by atoms with Gasteiger partial charge in [0.15, 0.2) is 0 Å². The molecule has 3 heterocycles. The van der Waals surface area contributed by atoms with E-state index in [0.717, 1.165) is 42.1 Å². The Bertz CT molecular complexity index is 1340. The molecule has 36 heavy (non-hydrogen) atoms. The van der Waals surface area contributed by atoms with Crippen molar-refractivity contribution < 1.29 is 0 Å². The number of nitriles is 1. The fourth-order valence-corrected chi connectivity index (χ4v) is 4.69. The summed E-state index contributed by atoms with van der Waals surface area (Å²) in [4.78, 5) is 4.71. The van der Waals surface area contributed by atoms with E-state index in [9.17, 15) is 0 Å². The lowest BCUT2D eigenvalue weighted by atomic mass is 9.95. The van der Waals surface area contributed by atoms with Gasteiger partial charge in [-0.2, -0.15) is 10.4 Å². The largest absolute Gasteiger partial charge is 0.380 e. The first kappa shape index (κ1) is 23.6. The van der Waals surface area contributed by atoms with Crippen LogP contribution >= 0.6 is 0 Å². The Labute approximate surface area is 212 Å². The van der Waals surface area contributed by atoms with Crippen molar-refractivity contribution in [1.29, 1.82) is 5.26 Å². The molecule has 1 aliphatic rings. The molecular weight excluding hydrogens is 446 g/mol. The van der Waals surface area contributed by atoms with Crippen LogP contribution in [-0.2, 0) is 7.05 Å². The number of nitrogens with zero attached hydrogens (tertiary/aromatic N) is 4. The smallest absolute Gasteiger partial charge is 0.149 e. The third-order valence-electron chi connectivity index (χ3n) is 6.81. The molecule has 0 unspecified atom stereocenters. The molecule has 0 amide bonds. The van der Waals surface area contributed by atoms with Gasteiger partial charge in [-0.1, -0.05) is 49.4 Å². The number of fused-ring (bicyclic) bond motifs is 1. The van der Waals surface area contributed by atoms with Gasteiger partial charge in [-0.05, 0) is 41.7 Å². The zero-order valence-corrected chi connectivity index (χ0v) is 20.6. The summed E-state index contributed by atoms with van der Waals surface area (Å²) in [5.41, 5.74) is 6.33. The maximum Gasteiger partial charge on any atom is 0.149 e. The van der Waals surface area contributed by atoms with E-state index in [-0.39, 0.29) is 12.1 Å². The zero-order chi connectivity index (χ0) is 24.9. The number of hydrogen-bond donors (Lipinski definition) is 3. The Balaban J connectivity index is 1.26. The summed E-state index contributed by atoms with van der Waals surface area (Å²) in [5, 5.41) is 24.4. The van der Waals surface area contributed by atoms with Crippen LogP contribution in [0.15, 0.2) is 79.3 Å². The van der Waals surface area contributed by atoms with Gasteiger partial charge in [0.1, 0.15) is 5.82 Å². The number of aryl methyl sites for hydroxylation is 1. The summed E-state index contributed by atoms with van der Waals surface area (Å²) in [6.45, 7) is 3.88. The molecule has 0 spiro atoms. The molecule has 182 valence electrons. The predicted molar refractivity (Wildman–Crippen MR) is 144 cm³/mol. The maximum absolute atomic E-state index is 9.07. The molecule has 4 aromatic rings. The monoisotopic (exact) mass is 477 g/mol. The van der Waals surface area contributed by atoms with E-state index in [2.05, 4.69) is 82.6 Å². The molecule has 1 aliphatic heterocycles. The van der Waals surface area contributed by atoms with Crippen molar-refractivity contribution >= 4 is 11.5 Å². The summed E-state index contributed by atoms with van der Waals surface area (Å²) >= 11 is 0. The van der Waals surface area contributed by atoms with E-state index in [1.54, 1.807) is 4.68 Å². The molecule has 5 rings (SSSR count). The van der Waals surface area contributed by atoms with E-state index < -0.39 is 0 Å². The van der Waals surface area contributed by atoms with Crippen LogP contribution in [0.2, 0.25) is 0 Å². The average Bonchev–Trinajstić information content (AvgIpc) is 3.37. The van der Waals surface area contributed by atoms with Gasteiger partial charge >= 0.3 is 0 Å². The SMILES string of the molecule is C[C@@H](CN[C@@H](C[C@H]1CNc2cc(-c3cnn(C)c3)cnc2N1)c1ccccc1)c1ccc(C#N)cc1. The van der Waals surface area contributed by atoms with Crippen LogP contribution in [0.3, 0.4) is 0 Å². The molecule has 0 saturated heterocycles. The average molecular weight is 478 g/mol. The van der Waals surface area contributed by atoms with Crippen molar-refractivity contribution in [2.75, 3.05) is 23.7 Å². The van der Waals surface area contributed by atoms with Gasteiger partial charge in [-0.15, -0.1) is 0 Å². The van der Waals surface area contributed by atoms with E-state index >= 15 is 0 Å². The number of rotatable bonds is 8. The lowest BCUT2D eigenvalue weighted by molar-refractivity contribution is 0.453. The van der Waals surface area contributed by atoms with Crippen LogP contribution in [0.5, 0.6) is 0 Å². The van der Waals surface area contributed by atoms with E-state index in [1.807, 2.05) is 37.8 Å².